The third kappa shape index (κ3) is 3.37. The molecule has 0 aliphatic carbocycles. The number of aliphatic carboxylic acids is 1. The van der Waals surface area contributed by atoms with Crippen LogP contribution in [0.2, 0.25) is 5.02 Å². The molecule has 100 valence electrons. The summed E-state index contributed by atoms with van der Waals surface area (Å²) < 4.78 is 0. The van der Waals surface area contributed by atoms with Gasteiger partial charge in [-0.2, -0.15) is 5.26 Å². The summed E-state index contributed by atoms with van der Waals surface area (Å²) >= 11 is 6.02. The lowest BCUT2D eigenvalue weighted by Crippen LogP contribution is -1.99. The summed E-state index contributed by atoms with van der Waals surface area (Å²) in [6, 6.07) is 14.7. The second kappa shape index (κ2) is 6.23. The zero-order valence-corrected chi connectivity index (χ0v) is 11.4. The Kier molecular flexibility index (Phi) is 4.39. The minimum Gasteiger partial charge on any atom is -0.481 e. The monoisotopic (exact) mass is 285 g/mol. The molecule has 0 aromatic heterocycles. The number of carboxylic acids is 1. The molecule has 0 saturated heterocycles. The van der Waals surface area contributed by atoms with E-state index in [1.807, 2.05) is 12.1 Å². The Morgan fingerprint density at radius 2 is 2.05 bits per heavy atom. The van der Waals surface area contributed by atoms with Crippen LogP contribution >= 0.6 is 11.6 Å². The molecule has 2 rings (SSSR count). The standard InChI is InChI=1S/C16H12ClNO2/c17-14-6-4-12(5-7-16(19)20)15(9-14)13-3-1-2-11(8-13)10-18/h1-4,6,8-9H,5,7H2,(H,19,20). The molecule has 2 aromatic rings. The predicted octanol–water partition coefficient (Wildman–Crippen LogP) is 3.90. The zero-order chi connectivity index (χ0) is 14.5. The quantitative estimate of drug-likeness (QED) is 0.927. The number of aryl methyl sites for hydroxylation is 1. The van der Waals surface area contributed by atoms with Crippen molar-refractivity contribution in [1.82, 2.24) is 0 Å². The van der Waals surface area contributed by atoms with Crippen LogP contribution in [-0.4, -0.2) is 11.1 Å². The van der Waals surface area contributed by atoms with Crippen molar-refractivity contribution in [2.75, 3.05) is 0 Å². The second-order valence-corrected chi connectivity index (χ2v) is 4.82. The molecule has 20 heavy (non-hydrogen) atoms. The molecule has 0 amide bonds. The first kappa shape index (κ1) is 14.1. The summed E-state index contributed by atoms with van der Waals surface area (Å²) in [6.07, 6.45) is 0.491. The van der Waals surface area contributed by atoms with E-state index < -0.39 is 5.97 Å². The molecule has 0 radical (unpaired) electrons. The van der Waals surface area contributed by atoms with Gasteiger partial charge in [0.2, 0.25) is 0 Å². The average molecular weight is 286 g/mol. The molecular weight excluding hydrogens is 274 g/mol. The first-order valence-electron chi connectivity index (χ1n) is 6.11. The maximum atomic E-state index is 10.7. The van der Waals surface area contributed by atoms with Gasteiger partial charge in [0.25, 0.3) is 0 Å². The van der Waals surface area contributed by atoms with Crippen molar-refractivity contribution >= 4 is 17.6 Å². The topological polar surface area (TPSA) is 61.1 Å². The summed E-state index contributed by atoms with van der Waals surface area (Å²) in [5.41, 5.74) is 3.21. The highest BCUT2D eigenvalue weighted by Crippen LogP contribution is 2.28. The highest BCUT2D eigenvalue weighted by atomic mass is 35.5. The normalized spacial score (nSPS) is 10.0. The third-order valence-electron chi connectivity index (χ3n) is 2.98. The Balaban J connectivity index is 2.45. The minimum absolute atomic E-state index is 0.0621. The fraction of sp³-hybridized carbons (Fsp3) is 0.125. The van der Waals surface area contributed by atoms with Gasteiger partial charge in [0.05, 0.1) is 11.6 Å². The maximum Gasteiger partial charge on any atom is 0.303 e. The molecule has 0 heterocycles. The van der Waals surface area contributed by atoms with Crippen LogP contribution in [0.4, 0.5) is 0 Å². The van der Waals surface area contributed by atoms with E-state index in [1.165, 1.54) is 0 Å². The molecule has 0 unspecified atom stereocenters. The number of hydrogen-bond donors (Lipinski definition) is 1. The number of carbonyl (C=O) groups is 1. The van der Waals surface area contributed by atoms with Gasteiger partial charge >= 0.3 is 5.97 Å². The van der Waals surface area contributed by atoms with Crippen molar-refractivity contribution < 1.29 is 9.90 Å². The molecule has 4 heteroatoms. The molecular formula is C16H12ClNO2. The van der Waals surface area contributed by atoms with Crippen LogP contribution in [0.5, 0.6) is 0 Å². The van der Waals surface area contributed by atoms with Gasteiger partial charge in [0.1, 0.15) is 0 Å². The van der Waals surface area contributed by atoms with E-state index in [-0.39, 0.29) is 6.42 Å². The fourth-order valence-electron chi connectivity index (χ4n) is 2.03. The Labute approximate surface area is 122 Å². The molecule has 0 atom stereocenters. The summed E-state index contributed by atoms with van der Waals surface area (Å²) in [4.78, 5) is 10.7. The largest absolute Gasteiger partial charge is 0.481 e. The van der Waals surface area contributed by atoms with Crippen molar-refractivity contribution in [3.05, 3.63) is 58.6 Å². The van der Waals surface area contributed by atoms with Crippen LogP contribution in [0.25, 0.3) is 11.1 Å². The Bertz CT molecular complexity index is 689. The molecule has 0 fully saturated rings. The van der Waals surface area contributed by atoms with E-state index in [0.717, 1.165) is 16.7 Å². The average Bonchev–Trinajstić information content (AvgIpc) is 2.46. The first-order valence-corrected chi connectivity index (χ1v) is 6.48. The summed E-state index contributed by atoms with van der Waals surface area (Å²) in [7, 11) is 0. The molecule has 0 bridgehead atoms. The van der Waals surface area contributed by atoms with E-state index >= 15 is 0 Å². The van der Waals surface area contributed by atoms with Crippen molar-refractivity contribution in [2.24, 2.45) is 0 Å². The van der Waals surface area contributed by atoms with Gasteiger partial charge in [-0.25, -0.2) is 0 Å². The molecule has 0 aliphatic heterocycles. The number of nitrogens with zero attached hydrogens (tertiary/aromatic N) is 1. The highest BCUT2D eigenvalue weighted by molar-refractivity contribution is 6.30. The number of rotatable bonds is 4. The number of hydrogen-bond acceptors (Lipinski definition) is 2. The SMILES string of the molecule is N#Cc1cccc(-c2cc(Cl)ccc2CCC(=O)O)c1. The highest BCUT2D eigenvalue weighted by Gasteiger charge is 2.08. The fourth-order valence-corrected chi connectivity index (χ4v) is 2.21. The van der Waals surface area contributed by atoms with Gasteiger partial charge in [-0.1, -0.05) is 29.8 Å². The summed E-state index contributed by atoms with van der Waals surface area (Å²) in [6.45, 7) is 0. The molecule has 0 spiro atoms. The number of carboxylic acid groups (broad SMARTS) is 1. The van der Waals surface area contributed by atoms with Crippen LogP contribution in [-0.2, 0) is 11.2 Å². The van der Waals surface area contributed by atoms with Crippen molar-refractivity contribution in [1.29, 1.82) is 5.26 Å². The second-order valence-electron chi connectivity index (χ2n) is 4.39. The number of benzene rings is 2. The smallest absolute Gasteiger partial charge is 0.303 e. The van der Waals surface area contributed by atoms with E-state index in [2.05, 4.69) is 6.07 Å². The van der Waals surface area contributed by atoms with Crippen molar-refractivity contribution in [3.8, 4) is 17.2 Å². The Hall–Kier alpha value is -2.31. The van der Waals surface area contributed by atoms with E-state index in [9.17, 15) is 4.79 Å². The minimum atomic E-state index is -0.836. The van der Waals surface area contributed by atoms with Crippen LogP contribution < -0.4 is 0 Å². The predicted molar refractivity (Wildman–Crippen MR) is 77.6 cm³/mol. The van der Waals surface area contributed by atoms with E-state index in [4.69, 9.17) is 22.0 Å². The lowest BCUT2D eigenvalue weighted by Gasteiger charge is -2.10. The Morgan fingerprint density at radius 3 is 2.75 bits per heavy atom. The van der Waals surface area contributed by atoms with Gasteiger partial charge in [0.15, 0.2) is 0 Å². The van der Waals surface area contributed by atoms with Gasteiger partial charge in [-0.15, -0.1) is 0 Å². The molecule has 1 N–H and O–H groups in total. The maximum absolute atomic E-state index is 10.7. The van der Waals surface area contributed by atoms with Gasteiger partial charge in [-0.3, -0.25) is 4.79 Å². The van der Waals surface area contributed by atoms with E-state index in [0.29, 0.717) is 17.0 Å². The van der Waals surface area contributed by atoms with Gasteiger partial charge < -0.3 is 5.11 Å². The first-order chi connectivity index (χ1) is 9.60. The molecule has 0 aliphatic rings. The number of halogens is 1. The summed E-state index contributed by atoms with van der Waals surface area (Å²) in [5, 5.41) is 18.3. The van der Waals surface area contributed by atoms with Gasteiger partial charge in [-0.05, 0) is 47.4 Å². The zero-order valence-electron chi connectivity index (χ0n) is 10.6. The lowest BCUT2D eigenvalue weighted by atomic mass is 9.95. The van der Waals surface area contributed by atoms with Gasteiger partial charge in [0, 0.05) is 11.4 Å². The van der Waals surface area contributed by atoms with Crippen LogP contribution in [0, 0.1) is 11.3 Å². The van der Waals surface area contributed by atoms with Crippen LogP contribution in [0.3, 0.4) is 0 Å². The van der Waals surface area contributed by atoms with Crippen LogP contribution in [0.1, 0.15) is 17.5 Å². The van der Waals surface area contributed by atoms with Crippen molar-refractivity contribution in [3.63, 3.8) is 0 Å². The third-order valence-corrected chi connectivity index (χ3v) is 3.22. The molecule has 2 aromatic carbocycles. The Morgan fingerprint density at radius 1 is 1.25 bits per heavy atom. The van der Waals surface area contributed by atoms with Crippen LogP contribution in [0.15, 0.2) is 42.5 Å². The number of nitriles is 1. The summed E-state index contributed by atoms with van der Waals surface area (Å²) in [5.74, 6) is -0.836. The van der Waals surface area contributed by atoms with Crippen molar-refractivity contribution in [2.45, 2.75) is 12.8 Å². The molecule has 0 saturated carbocycles. The van der Waals surface area contributed by atoms with E-state index in [1.54, 1.807) is 30.3 Å². The molecule has 3 nitrogen and oxygen atoms in total. The lowest BCUT2D eigenvalue weighted by molar-refractivity contribution is -0.136.